The fourth-order valence-corrected chi connectivity index (χ4v) is 3.28. The Morgan fingerprint density at radius 3 is 2.81 bits per heavy atom. The van der Waals surface area contributed by atoms with E-state index in [0.717, 1.165) is 19.6 Å². The van der Waals surface area contributed by atoms with Crippen molar-refractivity contribution in [3.63, 3.8) is 0 Å². The summed E-state index contributed by atoms with van der Waals surface area (Å²) in [4.78, 5) is 12.4. The quantitative estimate of drug-likeness (QED) is 0.808. The molecule has 3 unspecified atom stereocenters. The minimum atomic E-state index is 0.0948. The first-order valence-corrected chi connectivity index (χ1v) is 7.18. The number of hydrogen-bond donors (Lipinski definition) is 1. The van der Waals surface area contributed by atoms with E-state index in [9.17, 15) is 4.79 Å². The highest BCUT2D eigenvalue weighted by Crippen LogP contribution is 2.29. The Labute approximate surface area is 105 Å². The van der Waals surface area contributed by atoms with Crippen molar-refractivity contribution in [2.45, 2.75) is 36.9 Å². The topological polar surface area (TPSA) is 38.3 Å². The van der Waals surface area contributed by atoms with Crippen LogP contribution in [0.3, 0.4) is 0 Å². The third kappa shape index (κ3) is 3.20. The molecule has 3 atom stereocenters. The fraction of sp³-hybridized carbons (Fsp3) is 0.917. The average Bonchev–Trinajstić information content (AvgIpc) is 2.81. The van der Waals surface area contributed by atoms with E-state index in [-0.39, 0.29) is 11.8 Å². The van der Waals surface area contributed by atoms with Gasteiger partial charge in [-0.25, -0.2) is 0 Å². The normalized spacial score (nSPS) is 34.9. The molecule has 0 aromatic rings. The second-order valence-corrected chi connectivity index (χ2v) is 6.04. The maximum atomic E-state index is 11.8. The van der Waals surface area contributed by atoms with Crippen LogP contribution in [0.2, 0.25) is 0 Å². The van der Waals surface area contributed by atoms with Gasteiger partial charge in [-0.2, -0.15) is 0 Å². The minimum absolute atomic E-state index is 0.0948. The lowest BCUT2D eigenvalue weighted by Gasteiger charge is -2.27. The van der Waals surface area contributed by atoms with Crippen molar-refractivity contribution in [1.82, 2.24) is 5.32 Å². The van der Waals surface area contributed by atoms with Crippen LogP contribution < -0.4 is 5.32 Å². The molecule has 1 amide bonds. The molecule has 16 heavy (non-hydrogen) atoms. The molecule has 0 bridgehead atoms. The van der Waals surface area contributed by atoms with Crippen LogP contribution in [-0.4, -0.2) is 30.5 Å². The van der Waals surface area contributed by atoms with Crippen molar-refractivity contribution in [3.8, 4) is 0 Å². The molecule has 2 aliphatic rings. The molecule has 0 aromatic heterocycles. The van der Waals surface area contributed by atoms with Gasteiger partial charge in [0.05, 0.1) is 12.5 Å². The van der Waals surface area contributed by atoms with Gasteiger partial charge in [-0.1, -0.05) is 28.8 Å². The fourth-order valence-electron chi connectivity index (χ4n) is 2.51. The van der Waals surface area contributed by atoms with Gasteiger partial charge in [-0.05, 0) is 25.2 Å². The predicted molar refractivity (Wildman–Crippen MR) is 66.6 cm³/mol. The van der Waals surface area contributed by atoms with E-state index in [0.29, 0.717) is 17.4 Å². The molecular formula is C12H20BrNO2. The highest BCUT2D eigenvalue weighted by Gasteiger charge is 2.26. The second kappa shape index (κ2) is 6.01. The predicted octanol–water partition coefficient (Wildman–Crippen LogP) is 2.09. The van der Waals surface area contributed by atoms with E-state index in [1.54, 1.807) is 0 Å². The van der Waals surface area contributed by atoms with Crippen LogP contribution in [0.1, 0.15) is 32.1 Å². The van der Waals surface area contributed by atoms with Crippen molar-refractivity contribution in [2.24, 2.45) is 11.8 Å². The van der Waals surface area contributed by atoms with Crippen LogP contribution in [0.5, 0.6) is 0 Å². The first kappa shape index (κ1) is 12.4. The average molecular weight is 290 g/mol. The van der Waals surface area contributed by atoms with Gasteiger partial charge < -0.3 is 10.1 Å². The molecular weight excluding hydrogens is 270 g/mol. The highest BCUT2D eigenvalue weighted by molar-refractivity contribution is 9.09. The SMILES string of the molecule is O=C(NCC1CCCCC1Br)C1CCOC1. The zero-order valence-corrected chi connectivity index (χ0v) is 11.2. The van der Waals surface area contributed by atoms with Crippen LogP contribution in [0.25, 0.3) is 0 Å². The lowest BCUT2D eigenvalue weighted by Crippen LogP contribution is -2.38. The number of carbonyl (C=O) groups excluding carboxylic acids is 1. The summed E-state index contributed by atoms with van der Waals surface area (Å²) in [5, 5.41) is 3.08. The number of carbonyl (C=O) groups is 1. The van der Waals surface area contributed by atoms with Gasteiger partial charge in [0, 0.05) is 18.0 Å². The summed E-state index contributed by atoms with van der Waals surface area (Å²) in [7, 11) is 0. The minimum Gasteiger partial charge on any atom is -0.381 e. The maximum Gasteiger partial charge on any atom is 0.225 e. The molecule has 2 fully saturated rings. The Kier molecular flexibility index (Phi) is 4.65. The zero-order chi connectivity index (χ0) is 11.4. The Morgan fingerprint density at radius 1 is 1.31 bits per heavy atom. The molecule has 3 nitrogen and oxygen atoms in total. The van der Waals surface area contributed by atoms with Gasteiger partial charge in [0.25, 0.3) is 0 Å². The maximum absolute atomic E-state index is 11.8. The van der Waals surface area contributed by atoms with E-state index in [2.05, 4.69) is 21.2 Å². The van der Waals surface area contributed by atoms with Gasteiger partial charge in [0.1, 0.15) is 0 Å². The molecule has 1 aliphatic heterocycles. The number of ether oxygens (including phenoxy) is 1. The van der Waals surface area contributed by atoms with Crippen LogP contribution >= 0.6 is 15.9 Å². The summed E-state index contributed by atoms with van der Waals surface area (Å²) in [6.45, 7) is 2.17. The summed E-state index contributed by atoms with van der Waals surface area (Å²) >= 11 is 3.71. The number of nitrogens with one attached hydrogen (secondary N) is 1. The molecule has 0 spiro atoms. The van der Waals surface area contributed by atoms with Crippen LogP contribution in [0.4, 0.5) is 0 Å². The van der Waals surface area contributed by atoms with E-state index in [1.165, 1.54) is 25.7 Å². The first-order chi connectivity index (χ1) is 7.77. The molecule has 1 N–H and O–H groups in total. The lowest BCUT2D eigenvalue weighted by atomic mass is 9.89. The van der Waals surface area contributed by atoms with Gasteiger partial charge in [-0.3, -0.25) is 4.79 Å². The molecule has 1 saturated carbocycles. The van der Waals surface area contributed by atoms with Crippen molar-refractivity contribution < 1.29 is 9.53 Å². The summed E-state index contributed by atoms with van der Waals surface area (Å²) in [6, 6.07) is 0. The van der Waals surface area contributed by atoms with Crippen molar-refractivity contribution >= 4 is 21.8 Å². The van der Waals surface area contributed by atoms with E-state index >= 15 is 0 Å². The van der Waals surface area contributed by atoms with Crippen LogP contribution in [-0.2, 0) is 9.53 Å². The number of hydrogen-bond acceptors (Lipinski definition) is 2. The van der Waals surface area contributed by atoms with Crippen LogP contribution in [0, 0.1) is 11.8 Å². The number of amides is 1. The van der Waals surface area contributed by atoms with Crippen LogP contribution in [0.15, 0.2) is 0 Å². The molecule has 4 heteroatoms. The van der Waals surface area contributed by atoms with Crippen molar-refractivity contribution in [1.29, 1.82) is 0 Å². The Bertz CT molecular complexity index is 241. The molecule has 92 valence electrons. The third-order valence-corrected chi connectivity index (χ3v) is 4.86. The van der Waals surface area contributed by atoms with E-state index < -0.39 is 0 Å². The smallest absolute Gasteiger partial charge is 0.225 e. The van der Waals surface area contributed by atoms with Gasteiger partial charge in [0.15, 0.2) is 0 Å². The first-order valence-electron chi connectivity index (χ1n) is 6.27. The third-order valence-electron chi connectivity index (χ3n) is 3.66. The van der Waals surface area contributed by atoms with Gasteiger partial charge >= 0.3 is 0 Å². The number of halogens is 1. The van der Waals surface area contributed by atoms with Gasteiger partial charge in [-0.15, -0.1) is 0 Å². The Balaban J connectivity index is 1.71. The summed E-state index contributed by atoms with van der Waals surface area (Å²) in [6.07, 6.45) is 5.98. The number of alkyl halides is 1. The molecule has 1 heterocycles. The monoisotopic (exact) mass is 289 g/mol. The standard InChI is InChI=1S/C12H20BrNO2/c13-11-4-2-1-3-9(11)7-14-12(15)10-5-6-16-8-10/h9-11H,1-8H2,(H,14,15). The Hall–Kier alpha value is -0.0900. The van der Waals surface area contributed by atoms with Crippen molar-refractivity contribution in [2.75, 3.05) is 19.8 Å². The highest BCUT2D eigenvalue weighted by atomic mass is 79.9. The molecule has 0 radical (unpaired) electrons. The van der Waals surface area contributed by atoms with E-state index in [1.807, 2.05) is 0 Å². The second-order valence-electron chi connectivity index (χ2n) is 4.87. The molecule has 1 saturated heterocycles. The Morgan fingerprint density at radius 2 is 2.12 bits per heavy atom. The zero-order valence-electron chi connectivity index (χ0n) is 9.58. The van der Waals surface area contributed by atoms with E-state index in [4.69, 9.17) is 4.74 Å². The summed E-state index contributed by atoms with van der Waals surface area (Å²) < 4.78 is 5.22. The molecule has 0 aromatic carbocycles. The summed E-state index contributed by atoms with van der Waals surface area (Å²) in [5.74, 6) is 0.889. The molecule has 2 rings (SSSR count). The largest absolute Gasteiger partial charge is 0.381 e. The molecule has 1 aliphatic carbocycles. The number of rotatable bonds is 3. The van der Waals surface area contributed by atoms with Crippen molar-refractivity contribution in [3.05, 3.63) is 0 Å². The summed E-state index contributed by atoms with van der Waals surface area (Å²) in [5.41, 5.74) is 0. The lowest BCUT2D eigenvalue weighted by molar-refractivity contribution is -0.125. The van der Waals surface area contributed by atoms with Gasteiger partial charge in [0.2, 0.25) is 5.91 Å².